The van der Waals surface area contributed by atoms with Gasteiger partial charge in [-0.3, -0.25) is 0 Å². The summed E-state index contributed by atoms with van der Waals surface area (Å²) in [5, 5.41) is 0. The minimum absolute atomic E-state index is 0.358. The number of carbonyl (C=O) groups is 1. The quantitative estimate of drug-likeness (QED) is 0.604. The zero-order valence-electron chi connectivity index (χ0n) is 10.8. The zero-order valence-corrected chi connectivity index (χ0v) is 10.8. The average molecular weight is 256 g/mol. The molecule has 0 bridgehead atoms. The Morgan fingerprint density at radius 3 is 2.21 bits per heavy atom. The molecule has 0 aliphatic heterocycles. The Kier molecular flexibility index (Phi) is 4.56. The Hall–Kier alpha value is -2.29. The highest BCUT2D eigenvalue weighted by Gasteiger charge is 2.07. The van der Waals surface area contributed by atoms with Crippen LogP contribution in [0.5, 0.6) is 11.5 Å². The van der Waals surface area contributed by atoms with E-state index in [-0.39, 0.29) is 5.97 Å². The SMILES string of the molecule is CCCOc1ccc(OC(=O)c2ccccc2)cc1. The molecule has 19 heavy (non-hydrogen) atoms. The molecule has 0 amide bonds. The van der Waals surface area contributed by atoms with E-state index in [4.69, 9.17) is 9.47 Å². The van der Waals surface area contributed by atoms with E-state index in [2.05, 4.69) is 6.92 Å². The lowest BCUT2D eigenvalue weighted by atomic mass is 10.2. The van der Waals surface area contributed by atoms with Crippen LogP contribution in [0.2, 0.25) is 0 Å². The van der Waals surface area contributed by atoms with Gasteiger partial charge in [0.1, 0.15) is 11.5 Å². The summed E-state index contributed by atoms with van der Waals surface area (Å²) in [7, 11) is 0. The van der Waals surface area contributed by atoms with Crippen LogP contribution in [-0.4, -0.2) is 12.6 Å². The van der Waals surface area contributed by atoms with Crippen molar-refractivity contribution < 1.29 is 14.3 Å². The van der Waals surface area contributed by atoms with Crippen LogP contribution >= 0.6 is 0 Å². The smallest absolute Gasteiger partial charge is 0.343 e. The first-order valence-corrected chi connectivity index (χ1v) is 6.29. The Morgan fingerprint density at radius 1 is 0.947 bits per heavy atom. The van der Waals surface area contributed by atoms with Crippen LogP contribution in [-0.2, 0) is 0 Å². The third-order valence-electron chi connectivity index (χ3n) is 2.52. The van der Waals surface area contributed by atoms with Crippen molar-refractivity contribution in [3.63, 3.8) is 0 Å². The average Bonchev–Trinajstić information content (AvgIpc) is 2.47. The van der Waals surface area contributed by atoms with E-state index in [1.807, 2.05) is 6.07 Å². The highest BCUT2D eigenvalue weighted by Crippen LogP contribution is 2.18. The van der Waals surface area contributed by atoms with E-state index in [0.717, 1.165) is 12.2 Å². The van der Waals surface area contributed by atoms with Gasteiger partial charge in [0.05, 0.1) is 12.2 Å². The van der Waals surface area contributed by atoms with E-state index >= 15 is 0 Å². The molecule has 0 saturated heterocycles. The molecule has 0 saturated carbocycles. The Labute approximate surface area is 112 Å². The van der Waals surface area contributed by atoms with Gasteiger partial charge >= 0.3 is 5.97 Å². The van der Waals surface area contributed by atoms with Gasteiger partial charge in [-0.15, -0.1) is 0 Å². The summed E-state index contributed by atoms with van der Waals surface area (Å²) in [6, 6.07) is 16.0. The third-order valence-corrected chi connectivity index (χ3v) is 2.52. The molecule has 0 heterocycles. The fourth-order valence-corrected chi connectivity index (χ4v) is 1.56. The van der Waals surface area contributed by atoms with Crippen molar-refractivity contribution in [2.75, 3.05) is 6.61 Å². The largest absolute Gasteiger partial charge is 0.494 e. The fourth-order valence-electron chi connectivity index (χ4n) is 1.56. The van der Waals surface area contributed by atoms with Crippen molar-refractivity contribution in [1.29, 1.82) is 0 Å². The first kappa shape index (κ1) is 13.1. The van der Waals surface area contributed by atoms with Crippen molar-refractivity contribution in [3.05, 3.63) is 60.2 Å². The van der Waals surface area contributed by atoms with Gasteiger partial charge in [0.15, 0.2) is 0 Å². The van der Waals surface area contributed by atoms with Gasteiger partial charge in [-0.25, -0.2) is 4.79 Å². The zero-order chi connectivity index (χ0) is 13.5. The van der Waals surface area contributed by atoms with Gasteiger partial charge in [-0.2, -0.15) is 0 Å². The van der Waals surface area contributed by atoms with E-state index in [1.54, 1.807) is 48.5 Å². The van der Waals surface area contributed by atoms with E-state index in [9.17, 15) is 4.79 Å². The summed E-state index contributed by atoms with van der Waals surface area (Å²) in [4.78, 5) is 11.8. The van der Waals surface area contributed by atoms with Crippen LogP contribution in [0.15, 0.2) is 54.6 Å². The molecule has 0 aromatic heterocycles. The molecule has 0 atom stereocenters. The molecule has 2 rings (SSSR count). The summed E-state index contributed by atoms with van der Waals surface area (Å²) >= 11 is 0. The Morgan fingerprint density at radius 2 is 1.58 bits per heavy atom. The summed E-state index contributed by atoms with van der Waals surface area (Å²) < 4.78 is 10.7. The number of carbonyl (C=O) groups excluding carboxylic acids is 1. The number of benzene rings is 2. The van der Waals surface area contributed by atoms with Crippen molar-refractivity contribution in [2.24, 2.45) is 0 Å². The van der Waals surface area contributed by atoms with E-state index in [0.29, 0.717) is 17.9 Å². The molecule has 98 valence electrons. The molecule has 0 aliphatic rings. The maximum atomic E-state index is 11.8. The van der Waals surface area contributed by atoms with Crippen LogP contribution < -0.4 is 9.47 Å². The first-order valence-electron chi connectivity index (χ1n) is 6.29. The Balaban J connectivity index is 1.98. The minimum Gasteiger partial charge on any atom is -0.494 e. The predicted molar refractivity (Wildman–Crippen MR) is 73.6 cm³/mol. The van der Waals surface area contributed by atoms with Crippen LogP contribution in [0.1, 0.15) is 23.7 Å². The van der Waals surface area contributed by atoms with Crippen LogP contribution in [0.25, 0.3) is 0 Å². The molecule has 0 spiro atoms. The molecule has 0 fully saturated rings. The Bertz CT molecular complexity index is 517. The number of ether oxygens (including phenoxy) is 2. The maximum Gasteiger partial charge on any atom is 0.343 e. The molecular formula is C16H16O3. The summed E-state index contributed by atoms with van der Waals surface area (Å²) in [5.41, 5.74) is 0.536. The number of hydrogen-bond acceptors (Lipinski definition) is 3. The van der Waals surface area contributed by atoms with Crippen LogP contribution in [0.3, 0.4) is 0 Å². The lowest BCUT2D eigenvalue weighted by Crippen LogP contribution is -2.08. The van der Waals surface area contributed by atoms with Gasteiger partial charge in [0, 0.05) is 0 Å². The molecule has 0 radical (unpaired) electrons. The predicted octanol–water partition coefficient (Wildman–Crippen LogP) is 3.69. The topological polar surface area (TPSA) is 35.5 Å². The van der Waals surface area contributed by atoms with Crippen molar-refractivity contribution >= 4 is 5.97 Å². The lowest BCUT2D eigenvalue weighted by molar-refractivity contribution is 0.0734. The highest BCUT2D eigenvalue weighted by atomic mass is 16.5. The van der Waals surface area contributed by atoms with Crippen LogP contribution in [0.4, 0.5) is 0 Å². The molecule has 2 aromatic carbocycles. The third kappa shape index (κ3) is 3.85. The molecular weight excluding hydrogens is 240 g/mol. The van der Waals surface area contributed by atoms with Gasteiger partial charge in [0.25, 0.3) is 0 Å². The monoisotopic (exact) mass is 256 g/mol. The summed E-state index contributed by atoms with van der Waals surface area (Å²) in [6.07, 6.45) is 0.963. The van der Waals surface area contributed by atoms with Gasteiger partial charge < -0.3 is 9.47 Å². The first-order chi connectivity index (χ1) is 9.29. The lowest BCUT2D eigenvalue weighted by Gasteiger charge is -2.06. The highest BCUT2D eigenvalue weighted by molar-refractivity contribution is 5.90. The maximum absolute atomic E-state index is 11.8. The normalized spacial score (nSPS) is 9.95. The molecule has 0 N–H and O–H groups in total. The summed E-state index contributed by atoms with van der Waals surface area (Å²) in [6.45, 7) is 2.74. The molecule has 3 heteroatoms. The number of hydrogen-bond donors (Lipinski definition) is 0. The standard InChI is InChI=1S/C16H16O3/c1-2-12-18-14-8-10-15(11-9-14)19-16(17)13-6-4-3-5-7-13/h3-11H,2,12H2,1H3. The number of rotatable bonds is 5. The molecule has 2 aromatic rings. The van der Waals surface area contributed by atoms with Gasteiger partial charge in [-0.1, -0.05) is 25.1 Å². The molecule has 0 unspecified atom stereocenters. The van der Waals surface area contributed by atoms with Crippen molar-refractivity contribution in [1.82, 2.24) is 0 Å². The molecule has 3 nitrogen and oxygen atoms in total. The minimum atomic E-state index is -0.358. The summed E-state index contributed by atoms with van der Waals surface area (Å²) in [5.74, 6) is 0.932. The molecule has 0 aliphatic carbocycles. The van der Waals surface area contributed by atoms with Crippen molar-refractivity contribution in [2.45, 2.75) is 13.3 Å². The number of esters is 1. The second kappa shape index (κ2) is 6.59. The van der Waals surface area contributed by atoms with E-state index in [1.165, 1.54) is 0 Å². The van der Waals surface area contributed by atoms with Gasteiger partial charge in [0.2, 0.25) is 0 Å². The fraction of sp³-hybridized carbons (Fsp3) is 0.188. The second-order valence-corrected chi connectivity index (χ2v) is 4.08. The van der Waals surface area contributed by atoms with Crippen LogP contribution in [0, 0.1) is 0 Å². The second-order valence-electron chi connectivity index (χ2n) is 4.08. The van der Waals surface area contributed by atoms with Crippen molar-refractivity contribution in [3.8, 4) is 11.5 Å². The van der Waals surface area contributed by atoms with Gasteiger partial charge in [-0.05, 0) is 42.8 Å². The van der Waals surface area contributed by atoms with E-state index < -0.39 is 0 Å².